The maximum Gasteiger partial charge on any atom is 0.410 e. The summed E-state index contributed by atoms with van der Waals surface area (Å²) in [5, 5.41) is 4.04. The van der Waals surface area contributed by atoms with E-state index < -0.39 is 5.60 Å². The van der Waals surface area contributed by atoms with Gasteiger partial charge in [0.2, 0.25) is 0 Å². The molecule has 17 heavy (non-hydrogen) atoms. The van der Waals surface area contributed by atoms with Crippen molar-refractivity contribution in [3.63, 3.8) is 0 Å². The van der Waals surface area contributed by atoms with Crippen molar-refractivity contribution >= 4 is 6.09 Å². The van der Waals surface area contributed by atoms with E-state index in [-0.39, 0.29) is 6.09 Å². The second kappa shape index (κ2) is 4.35. The zero-order chi connectivity index (χ0) is 12.5. The maximum atomic E-state index is 11.7. The Kier molecular flexibility index (Phi) is 3.04. The van der Waals surface area contributed by atoms with Crippen LogP contribution in [0.4, 0.5) is 4.79 Å². The molecule has 6 nitrogen and oxygen atoms in total. The third kappa shape index (κ3) is 3.18. The fourth-order valence-corrected chi connectivity index (χ4v) is 1.75. The Labute approximate surface area is 101 Å². The van der Waals surface area contributed by atoms with E-state index in [2.05, 4.69) is 10.1 Å². The zero-order valence-electron chi connectivity index (χ0n) is 10.5. The Morgan fingerprint density at radius 3 is 2.71 bits per heavy atom. The van der Waals surface area contributed by atoms with Crippen LogP contribution in [0.2, 0.25) is 0 Å². The summed E-state index contributed by atoms with van der Waals surface area (Å²) in [5.41, 5.74) is -0.423. The lowest BCUT2D eigenvalue weighted by Gasteiger charge is -2.39. The summed E-state index contributed by atoms with van der Waals surface area (Å²) in [4.78, 5) is 17.3. The van der Waals surface area contributed by atoms with Gasteiger partial charge in [0.15, 0.2) is 0 Å². The smallest absolute Gasteiger partial charge is 0.410 e. The SMILES string of the molecule is CC(C)(C)OC(=O)N1CC(Cn2cncn2)C1. The minimum atomic E-state index is -0.423. The first-order valence-corrected chi connectivity index (χ1v) is 5.74. The Morgan fingerprint density at radius 2 is 2.18 bits per heavy atom. The Hall–Kier alpha value is -1.59. The van der Waals surface area contributed by atoms with E-state index in [1.807, 2.05) is 20.8 Å². The molecule has 1 saturated heterocycles. The Bertz CT molecular complexity index is 377. The van der Waals surface area contributed by atoms with Gasteiger partial charge in [0.1, 0.15) is 18.3 Å². The number of hydrogen-bond donors (Lipinski definition) is 0. The highest BCUT2D eigenvalue weighted by Crippen LogP contribution is 2.20. The lowest BCUT2D eigenvalue weighted by Crippen LogP contribution is -2.52. The van der Waals surface area contributed by atoms with Crippen LogP contribution < -0.4 is 0 Å². The van der Waals surface area contributed by atoms with Gasteiger partial charge in [0.25, 0.3) is 0 Å². The van der Waals surface area contributed by atoms with Crippen molar-refractivity contribution in [3.05, 3.63) is 12.7 Å². The van der Waals surface area contributed by atoms with Crippen molar-refractivity contribution in [1.82, 2.24) is 19.7 Å². The normalized spacial score (nSPS) is 16.8. The maximum absolute atomic E-state index is 11.7. The first kappa shape index (κ1) is 11.9. The molecule has 0 saturated carbocycles. The summed E-state index contributed by atoms with van der Waals surface area (Å²) < 4.78 is 7.07. The summed E-state index contributed by atoms with van der Waals surface area (Å²) in [6.07, 6.45) is 2.98. The van der Waals surface area contributed by atoms with E-state index in [1.54, 1.807) is 15.9 Å². The number of hydrogen-bond acceptors (Lipinski definition) is 4. The third-order valence-electron chi connectivity index (χ3n) is 2.52. The molecule has 1 aliphatic rings. The first-order chi connectivity index (χ1) is 7.94. The van der Waals surface area contributed by atoms with Gasteiger partial charge in [0, 0.05) is 25.6 Å². The average molecular weight is 238 g/mol. The van der Waals surface area contributed by atoms with Crippen molar-refractivity contribution < 1.29 is 9.53 Å². The molecule has 0 radical (unpaired) electrons. The van der Waals surface area contributed by atoms with Crippen molar-refractivity contribution in [2.75, 3.05) is 13.1 Å². The molecular formula is C11H18N4O2. The van der Waals surface area contributed by atoms with Crippen LogP contribution in [0.25, 0.3) is 0 Å². The second-order valence-corrected chi connectivity index (χ2v) is 5.37. The molecule has 94 valence electrons. The number of likely N-dealkylation sites (tertiary alicyclic amines) is 1. The van der Waals surface area contributed by atoms with Gasteiger partial charge in [-0.05, 0) is 20.8 Å². The Balaban J connectivity index is 1.73. The molecule has 0 aliphatic carbocycles. The van der Waals surface area contributed by atoms with Crippen LogP contribution in [-0.2, 0) is 11.3 Å². The lowest BCUT2D eigenvalue weighted by molar-refractivity contribution is -0.00384. The average Bonchev–Trinajstić information content (AvgIpc) is 2.59. The van der Waals surface area contributed by atoms with Crippen molar-refractivity contribution in [1.29, 1.82) is 0 Å². The number of carbonyl (C=O) groups excluding carboxylic acids is 1. The van der Waals surface area contributed by atoms with Crippen molar-refractivity contribution in [2.24, 2.45) is 5.92 Å². The molecule has 0 aromatic carbocycles. The predicted octanol–water partition coefficient (Wildman–Crippen LogP) is 1.15. The van der Waals surface area contributed by atoms with E-state index in [9.17, 15) is 4.79 Å². The van der Waals surface area contributed by atoms with E-state index in [0.29, 0.717) is 5.92 Å². The van der Waals surface area contributed by atoms with Crippen LogP contribution in [0.15, 0.2) is 12.7 Å². The predicted molar refractivity (Wildman–Crippen MR) is 61.3 cm³/mol. The molecule has 0 spiro atoms. The summed E-state index contributed by atoms with van der Waals surface area (Å²) in [6.45, 7) is 7.88. The summed E-state index contributed by atoms with van der Waals surface area (Å²) in [5.74, 6) is 0.448. The van der Waals surface area contributed by atoms with Crippen LogP contribution in [0.1, 0.15) is 20.8 Å². The fourth-order valence-electron chi connectivity index (χ4n) is 1.75. The van der Waals surface area contributed by atoms with Gasteiger partial charge in [-0.15, -0.1) is 0 Å². The van der Waals surface area contributed by atoms with Gasteiger partial charge >= 0.3 is 6.09 Å². The number of aromatic nitrogens is 3. The monoisotopic (exact) mass is 238 g/mol. The molecule has 2 rings (SSSR count). The minimum Gasteiger partial charge on any atom is -0.444 e. The molecular weight excluding hydrogens is 220 g/mol. The summed E-state index contributed by atoms with van der Waals surface area (Å²) >= 11 is 0. The quantitative estimate of drug-likeness (QED) is 0.775. The summed E-state index contributed by atoms with van der Waals surface area (Å²) in [6, 6.07) is 0. The fraction of sp³-hybridized carbons (Fsp3) is 0.727. The number of carbonyl (C=O) groups is 1. The highest BCUT2D eigenvalue weighted by molar-refractivity contribution is 5.69. The van der Waals surface area contributed by atoms with Crippen LogP contribution in [0.5, 0.6) is 0 Å². The Morgan fingerprint density at radius 1 is 1.47 bits per heavy atom. The molecule has 2 heterocycles. The van der Waals surface area contributed by atoms with Crippen LogP contribution >= 0.6 is 0 Å². The molecule has 0 unspecified atom stereocenters. The highest BCUT2D eigenvalue weighted by Gasteiger charge is 2.33. The summed E-state index contributed by atoms with van der Waals surface area (Å²) in [7, 11) is 0. The van der Waals surface area contributed by atoms with Gasteiger partial charge in [-0.25, -0.2) is 9.78 Å². The van der Waals surface area contributed by atoms with Crippen molar-refractivity contribution in [3.8, 4) is 0 Å². The van der Waals surface area contributed by atoms with Gasteiger partial charge in [-0.3, -0.25) is 4.68 Å². The van der Waals surface area contributed by atoms with Crippen molar-refractivity contribution in [2.45, 2.75) is 32.9 Å². The van der Waals surface area contributed by atoms with Crippen LogP contribution in [0.3, 0.4) is 0 Å². The molecule has 1 aliphatic heterocycles. The molecule has 6 heteroatoms. The lowest BCUT2D eigenvalue weighted by atomic mass is 10.0. The molecule has 1 amide bonds. The van der Waals surface area contributed by atoms with Gasteiger partial charge in [-0.2, -0.15) is 5.10 Å². The second-order valence-electron chi connectivity index (χ2n) is 5.37. The largest absolute Gasteiger partial charge is 0.444 e. The van der Waals surface area contributed by atoms with Gasteiger partial charge in [0.05, 0.1) is 0 Å². The van der Waals surface area contributed by atoms with E-state index >= 15 is 0 Å². The molecule has 0 bridgehead atoms. The molecule has 1 aromatic rings. The topological polar surface area (TPSA) is 60.2 Å². The molecule has 1 aromatic heterocycles. The number of rotatable bonds is 2. The molecule has 0 N–H and O–H groups in total. The number of ether oxygens (including phenoxy) is 1. The van der Waals surface area contributed by atoms with Crippen LogP contribution in [-0.4, -0.2) is 44.4 Å². The van der Waals surface area contributed by atoms with Gasteiger partial charge < -0.3 is 9.64 Å². The zero-order valence-corrected chi connectivity index (χ0v) is 10.5. The molecule has 1 fully saturated rings. The molecule has 0 atom stereocenters. The number of nitrogens with zero attached hydrogens (tertiary/aromatic N) is 4. The number of amides is 1. The van der Waals surface area contributed by atoms with Crippen LogP contribution in [0, 0.1) is 5.92 Å². The van der Waals surface area contributed by atoms with E-state index in [0.717, 1.165) is 19.6 Å². The van der Waals surface area contributed by atoms with Gasteiger partial charge in [-0.1, -0.05) is 0 Å². The minimum absolute atomic E-state index is 0.229. The third-order valence-corrected chi connectivity index (χ3v) is 2.52. The standard InChI is InChI=1S/C11H18N4O2/c1-11(2,3)17-10(16)14-4-9(5-14)6-15-8-12-7-13-15/h7-9H,4-6H2,1-3H3. The van der Waals surface area contributed by atoms with E-state index in [1.165, 1.54) is 6.33 Å². The van der Waals surface area contributed by atoms with E-state index in [4.69, 9.17) is 4.74 Å². The highest BCUT2D eigenvalue weighted by atomic mass is 16.6. The first-order valence-electron chi connectivity index (χ1n) is 5.74.